The first-order valence-electron chi connectivity index (χ1n) is 5.76. The van der Waals surface area contributed by atoms with Gasteiger partial charge in [0.2, 0.25) is 0 Å². The van der Waals surface area contributed by atoms with Crippen LogP contribution in [0.2, 0.25) is 0 Å². The Morgan fingerprint density at radius 1 is 1.71 bits per heavy atom. The second kappa shape index (κ2) is 4.74. The lowest BCUT2D eigenvalue weighted by Crippen LogP contribution is -2.28. The molecule has 0 spiro atoms. The lowest BCUT2D eigenvalue weighted by molar-refractivity contribution is -0.142. The summed E-state index contributed by atoms with van der Waals surface area (Å²) in [5, 5.41) is 12.0. The van der Waals surface area contributed by atoms with E-state index in [1.54, 1.807) is 25.2 Å². The Balaban J connectivity index is 2.07. The van der Waals surface area contributed by atoms with Crippen molar-refractivity contribution in [3.05, 3.63) is 16.1 Å². The van der Waals surface area contributed by atoms with Crippen molar-refractivity contribution < 1.29 is 14.6 Å². The van der Waals surface area contributed by atoms with E-state index in [1.807, 2.05) is 5.38 Å². The summed E-state index contributed by atoms with van der Waals surface area (Å²) >= 11 is 1.55. The number of nitrogens with zero attached hydrogens (tertiary/aromatic N) is 1. The Morgan fingerprint density at radius 2 is 2.47 bits per heavy atom. The molecule has 4 nitrogen and oxygen atoms in total. The Kier molecular flexibility index (Phi) is 3.49. The average molecular weight is 255 g/mol. The van der Waals surface area contributed by atoms with Gasteiger partial charge in [0.05, 0.1) is 10.7 Å². The van der Waals surface area contributed by atoms with Crippen molar-refractivity contribution in [2.45, 2.75) is 32.1 Å². The molecule has 1 aromatic rings. The van der Waals surface area contributed by atoms with Crippen molar-refractivity contribution in [3.8, 4) is 0 Å². The quantitative estimate of drug-likeness (QED) is 0.895. The van der Waals surface area contributed by atoms with Crippen LogP contribution in [0.3, 0.4) is 0 Å². The van der Waals surface area contributed by atoms with E-state index in [0.717, 1.165) is 31.1 Å². The van der Waals surface area contributed by atoms with Gasteiger partial charge in [0.1, 0.15) is 5.41 Å². The van der Waals surface area contributed by atoms with Crippen LogP contribution in [0.4, 0.5) is 0 Å². The van der Waals surface area contributed by atoms with Gasteiger partial charge in [-0.15, -0.1) is 11.3 Å². The standard InChI is InChI=1S/C12H17NO3S/c1-12(2,11(14)15)9-7-17-10(13-9)5-8-3-4-16-6-8/h7-8H,3-6H2,1-2H3,(H,14,15). The highest BCUT2D eigenvalue weighted by Gasteiger charge is 2.32. The van der Waals surface area contributed by atoms with Crippen LogP contribution in [-0.2, 0) is 21.4 Å². The lowest BCUT2D eigenvalue weighted by Gasteiger charge is -2.15. The van der Waals surface area contributed by atoms with Gasteiger partial charge in [-0.3, -0.25) is 4.79 Å². The second-order valence-corrected chi connectivity index (χ2v) is 5.93. The molecule has 1 atom stereocenters. The third kappa shape index (κ3) is 2.66. The summed E-state index contributed by atoms with van der Waals surface area (Å²) < 4.78 is 5.32. The second-order valence-electron chi connectivity index (χ2n) is 4.99. The van der Waals surface area contributed by atoms with Gasteiger partial charge in [-0.05, 0) is 26.2 Å². The molecule has 0 aliphatic carbocycles. The fourth-order valence-electron chi connectivity index (χ4n) is 1.79. The molecule has 1 aliphatic heterocycles. The summed E-state index contributed by atoms with van der Waals surface area (Å²) in [4.78, 5) is 15.6. The Labute approximate surface area is 105 Å². The highest BCUT2D eigenvalue weighted by Crippen LogP contribution is 2.27. The van der Waals surface area contributed by atoms with Crippen LogP contribution < -0.4 is 0 Å². The number of aliphatic carboxylic acids is 1. The molecule has 2 heterocycles. The fourth-order valence-corrected chi connectivity index (χ4v) is 2.87. The van der Waals surface area contributed by atoms with Crippen molar-refractivity contribution in [2.75, 3.05) is 13.2 Å². The summed E-state index contributed by atoms with van der Waals surface area (Å²) in [5.41, 5.74) is -0.245. The molecular formula is C12H17NO3S. The van der Waals surface area contributed by atoms with Gasteiger partial charge < -0.3 is 9.84 Å². The van der Waals surface area contributed by atoms with Crippen LogP contribution in [-0.4, -0.2) is 29.3 Å². The van der Waals surface area contributed by atoms with Crippen molar-refractivity contribution in [2.24, 2.45) is 5.92 Å². The molecule has 0 amide bonds. The molecule has 0 saturated carbocycles. The number of carbonyl (C=O) groups is 1. The van der Waals surface area contributed by atoms with E-state index in [2.05, 4.69) is 4.98 Å². The molecule has 1 N–H and O–H groups in total. The van der Waals surface area contributed by atoms with Crippen LogP contribution in [0.5, 0.6) is 0 Å². The van der Waals surface area contributed by atoms with Gasteiger partial charge >= 0.3 is 5.97 Å². The minimum Gasteiger partial charge on any atom is -0.481 e. The van der Waals surface area contributed by atoms with Crippen molar-refractivity contribution >= 4 is 17.3 Å². The highest BCUT2D eigenvalue weighted by atomic mass is 32.1. The number of carboxylic acids is 1. The zero-order valence-corrected chi connectivity index (χ0v) is 10.9. The number of carboxylic acid groups (broad SMARTS) is 1. The molecule has 1 unspecified atom stereocenters. The largest absolute Gasteiger partial charge is 0.481 e. The van der Waals surface area contributed by atoms with Gasteiger partial charge in [0.15, 0.2) is 0 Å². The van der Waals surface area contributed by atoms with Crippen LogP contribution in [0.15, 0.2) is 5.38 Å². The molecule has 1 saturated heterocycles. The molecule has 1 fully saturated rings. The maximum Gasteiger partial charge on any atom is 0.315 e. The molecule has 17 heavy (non-hydrogen) atoms. The third-order valence-electron chi connectivity index (χ3n) is 3.21. The zero-order valence-electron chi connectivity index (χ0n) is 10.1. The van der Waals surface area contributed by atoms with Crippen molar-refractivity contribution in [3.63, 3.8) is 0 Å². The smallest absolute Gasteiger partial charge is 0.315 e. The predicted molar refractivity (Wildman–Crippen MR) is 65.4 cm³/mol. The summed E-state index contributed by atoms with van der Waals surface area (Å²) in [6.07, 6.45) is 1.98. The molecule has 2 rings (SSSR count). The summed E-state index contributed by atoms with van der Waals surface area (Å²) in [5.74, 6) is -0.291. The minimum absolute atomic E-state index is 0.543. The van der Waals surface area contributed by atoms with Crippen molar-refractivity contribution in [1.82, 2.24) is 4.98 Å². The number of thiazole rings is 1. The van der Waals surface area contributed by atoms with Gasteiger partial charge in [0, 0.05) is 25.0 Å². The zero-order chi connectivity index (χ0) is 12.5. The van der Waals surface area contributed by atoms with Gasteiger partial charge in [-0.25, -0.2) is 4.98 Å². The first-order valence-corrected chi connectivity index (χ1v) is 6.64. The topological polar surface area (TPSA) is 59.4 Å². The number of aromatic nitrogens is 1. The van der Waals surface area contributed by atoms with Crippen LogP contribution in [0.1, 0.15) is 31.0 Å². The maximum absolute atomic E-state index is 11.1. The molecule has 1 aliphatic rings. The molecular weight excluding hydrogens is 238 g/mol. The number of ether oxygens (including phenoxy) is 1. The van der Waals surface area contributed by atoms with E-state index in [4.69, 9.17) is 9.84 Å². The van der Waals surface area contributed by atoms with Crippen molar-refractivity contribution in [1.29, 1.82) is 0 Å². The maximum atomic E-state index is 11.1. The van der Waals surface area contributed by atoms with E-state index in [9.17, 15) is 4.79 Å². The highest BCUT2D eigenvalue weighted by molar-refractivity contribution is 7.09. The normalized spacial score (nSPS) is 20.7. The monoisotopic (exact) mass is 255 g/mol. The van der Waals surface area contributed by atoms with Crippen LogP contribution >= 0.6 is 11.3 Å². The lowest BCUT2D eigenvalue weighted by atomic mass is 9.90. The first-order chi connectivity index (χ1) is 8.00. The summed E-state index contributed by atoms with van der Waals surface area (Å²) in [7, 11) is 0. The summed E-state index contributed by atoms with van der Waals surface area (Å²) in [6.45, 7) is 5.01. The molecule has 0 bridgehead atoms. The minimum atomic E-state index is -0.902. The number of hydrogen-bond acceptors (Lipinski definition) is 4. The predicted octanol–water partition coefficient (Wildman–Crippen LogP) is 2.08. The van der Waals surface area contributed by atoms with E-state index in [-0.39, 0.29) is 0 Å². The van der Waals surface area contributed by atoms with E-state index < -0.39 is 11.4 Å². The number of hydrogen-bond donors (Lipinski definition) is 1. The molecule has 5 heteroatoms. The molecule has 1 aromatic heterocycles. The molecule has 0 aromatic carbocycles. The fraction of sp³-hybridized carbons (Fsp3) is 0.667. The van der Waals surface area contributed by atoms with E-state index in [0.29, 0.717) is 11.6 Å². The summed E-state index contributed by atoms with van der Waals surface area (Å²) in [6, 6.07) is 0. The Bertz CT molecular complexity index is 408. The number of rotatable bonds is 4. The van der Waals surface area contributed by atoms with Crippen LogP contribution in [0.25, 0.3) is 0 Å². The first kappa shape index (κ1) is 12.5. The van der Waals surface area contributed by atoms with Gasteiger partial charge in [0.25, 0.3) is 0 Å². The Morgan fingerprint density at radius 3 is 3.06 bits per heavy atom. The third-order valence-corrected chi connectivity index (χ3v) is 4.09. The molecule has 94 valence electrons. The van der Waals surface area contributed by atoms with E-state index >= 15 is 0 Å². The Hall–Kier alpha value is -0.940. The van der Waals surface area contributed by atoms with Gasteiger partial charge in [-0.1, -0.05) is 0 Å². The van der Waals surface area contributed by atoms with Crippen LogP contribution in [0, 0.1) is 5.92 Å². The molecule has 0 radical (unpaired) electrons. The van der Waals surface area contributed by atoms with E-state index in [1.165, 1.54) is 0 Å². The van der Waals surface area contributed by atoms with Gasteiger partial charge in [-0.2, -0.15) is 0 Å². The average Bonchev–Trinajstić information content (AvgIpc) is 2.89. The SMILES string of the molecule is CC(C)(C(=O)O)c1csc(CC2CCOC2)n1.